The van der Waals surface area contributed by atoms with E-state index in [-0.39, 0.29) is 5.41 Å². The Labute approximate surface area is 166 Å². The van der Waals surface area contributed by atoms with Crippen LogP contribution in [0.2, 0.25) is 0 Å². The summed E-state index contributed by atoms with van der Waals surface area (Å²) in [5.41, 5.74) is 6.77. The van der Waals surface area contributed by atoms with E-state index < -0.39 is 0 Å². The molecule has 136 valence electrons. The molecular formula is C24H28BrN. The van der Waals surface area contributed by atoms with Crippen molar-refractivity contribution >= 4 is 27.3 Å². The number of halogens is 1. The monoisotopic (exact) mass is 409 g/mol. The molecule has 0 bridgehead atoms. The number of benzene rings is 2. The van der Waals surface area contributed by atoms with Crippen LogP contribution in [-0.4, -0.2) is 6.04 Å². The Bertz CT molecular complexity index is 814. The fraction of sp³-hybridized carbons (Fsp3) is 0.333. The number of hydrogen-bond donors (Lipinski definition) is 0. The predicted octanol–water partition coefficient (Wildman–Crippen LogP) is 7.39. The largest absolute Gasteiger partial charge is 0.334 e. The van der Waals surface area contributed by atoms with Gasteiger partial charge in [-0.2, -0.15) is 0 Å². The minimum Gasteiger partial charge on any atom is -0.334 e. The van der Waals surface area contributed by atoms with E-state index in [9.17, 15) is 0 Å². The minimum absolute atomic E-state index is 0.157. The zero-order valence-corrected chi connectivity index (χ0v) is 18.0. The molecule has 2 aromatic rings. The molecule has 26 heavy (non-hydrogen) atoms. The van der Waals surface area contributed by atoms with E-state index in [1.165, 1.54) is 28.1 Å². The summed E-state index contributed by atoms with van der Waals surface area (Å²) < 4.78 is 1.11. The highest BCUT2D eigenvalue weighted by atomic mass is 79.9. The highest BCUT2D eigenvalue weighted by Crippen LogP contribution is 2.38. The van der Waals surface area contributed by atoms with Crippen LogP contribution in [0.5, 0.6) is 0 Å². The normalized spacial score (nSPS) is 16.8. The fourth-order valence-electron chi connectivity index (χ4n) is 3.62. The molecule has 0 aromatic heterocycles. The third-order valence-corrected chi connectivity index (χ3v) is 5.52. The molecule has 2 heteroatoms. The first-order valence-corrected chi connectivity index (χ1v) is 10.1. The van der Waals surface area contributed by atoms with E-state index in [0.29, 0.717) is 6.04 Å². The average molecular weight is 410 g/mol. The Morgan fingerprint density at radius 3 is 2.08 bits per heavy atom. The highest BCUT2D eigenvalue weighted by molar-refractivity contribution is 9.10. The standard InChI is InChI=1S/C24H28BrN/c1-17-15-19(24(3,4)5)16-18(2)23(17)26(21-9-7-6-8-10-21)22-13-11-20(25)12-14-22/h6-9,11-16,21H,10H2,1-5H3. The molecule has 1 aliphatic carbocycles. The first-order valence-electron chi connectivity index (χ1n) is 9.27. The fourth-order valence-corrected chi connectivity index (χ4v) is 3.88. The van der Waals surface area contributed by atoms with E-state index >= 15 is 0 Å². The summed E-state index contributed by atoms with van der Waals surface area (Å²) in [5, 5.41) is 0. The van der Waals surface area contributed by atoms with Gasteiger partial charge in [-0.05, 0) is 66.6 Å². The molecule has 0 saturated carbocycles. The van der Waals surface area contributed by atoms with Crippen LogP contribution < -0.4 is 4.90 Å². The second kappa shape index (κ2) is 7.44. The van der Waals surface area contributed by atoms with Gasteiger partial charge in [0.15, 0.2) is 0 Å². The summed E-state index contributed by atoms with van der Waals surface area (Å²) in [6.45, 7) is 11.3. The van der Waals surface area contributed by atoms with E-state index in [1.807, 2.05) is 0 Å². The molecule has 1 nitrogen and oxygen atoms in total. The molecule has 0 amide bonds. The average Bonchev–Trinajstić information content (AvgIpc) is 2.59. The van der Waals surface area contributed by atoms with E-state index in [4.69, 9.17) is 0 Å². The Balaban J connectivity index is 2.14. The molecule has 0 radical (unpaired) electrons. The molecule has 1 aliphatic rings. The van der Waals surface area contributed by atoms with Crippen molar-refractivity contribution in [2.24, 2.45) is 0 Å². The lowest BCUT2D eigenvalue weighted by molar-refractivity contribution is 0.589. The van der Waals surface area contributed by atoms with Gasteiger partial charge in [-0.3, -0.25) is 0 Å². The summed E-state index contributed by atoms with van der Waals surface area (Å²) in [7, 11) is 0. The zero-order valence-electron chi connectivity index (χ0n) is 16.4. The third kappa shape index (κ3) is 3.96. The van der Waals surface area contributed by atoms with Crippen LogP contribution in [0.1, 0.15) is 43.9 Å². The zero-order chi connectivity index (χ0) is 18.9. The summed E-state index contributed by atoms with van der Waals surface area (Å²) in [4.78, 5) is 2.49. The summed E-state index contributed by atoms with van der Waals surface area (Å²) in [5.74, 6) is 0. The van der Waals surface area contributed by atoms with Crippen molar-refractivity contribution in [1.29, 1.82) is 0 Å². The maximum absolute atomic E-state index is 3.56. The van der Waals surface area contributed by atoms with Crippen LogP contribution >= 0.6 is 15.9 Å². The number of rotatable bonds is 3. The summed E-state index contributed by atoms with van der Waals surface area (Å²) in [6, 6.07) is 13.7. The van der Waals surface area contributed by atoms with Crippen LogP contribution in [0.15, 0.2) is 65.2 Å². The molecule has 1 atom stereocenters. The Morgan fingerprint density at radius 1 is 0.962 bits per heavy atom. The van der Waals surface area contributed by atoms with E-state index in [2.05, 4.69) is 116 Å². The topological polar surface area (TPSA) is 3.24 Å². The molecular weight excluding hydrogens is 382 g/mol. The molecule has 0 spiro atoms. The quantitative estimate of drug-likeness (QED) is 0.510. The van der Waals surface area contributed by atoms with E-state index in [1.54, 1.807) is 0 Å². The van der Waals surface area contributed by atoms with Crippen LogP contribution in [0.25, 0.3) is 0 Å². The Kier molecular flexibility index (Phi) is 5.43. The van der Waals surface area contributed by atoms with Gasteiger partial charge in [0.2, 0.25) is 0 Å². The SMILES string of the molecule is Cc1cc(C(C)(C)C)cc(C)c1N(c1ccc(Br)cc1)C1C=CC=CC1. The highest BCUT2D eigenvalue weighted by Gasteiger charge is 2.24. The maximum atomic E-state index is 3.56. The van der Waals surface area contributed by atoms with Gasteiger partial charge in [0.05, 0.1) is 6.04 Å². The molecule has 0 N–H and O–H groups in total. The molecule has 0 saturated heterocycles. The second-order valence-corrected chi connectivity index (χ2v) is 9.09. The smallest absolute Gasteiger partial charge is 0.0560 e. The maximum Gasteiger partial charge on any atom is 0.0560 e. The van der Waals surface area contributed by atoms with Crippen molar-refractivity contribution in [2.45, 2.75) is 52.5 Å². The number of anilines is 2. The summed E-state index contributed by atoms with van der Waals surface area (Å²) >= 11 is 3.56. The Morgan fingerprint density at radius 2 is 1.58 bits per heavy atom. The van der Waals surface area contributed by atoms with Crippen molar-refractivity contribution in [3.8, 4) is 0 Å². The molecule has 0 heterocycles. The van der Waals surface area contributed by atoms with Crippen LogP contribution in [0, 0.1) is 13.8 Å². The van der Waals surface area contributed by atoms with Crippen LogP contribution in [-0.2, 0) is 5.41 Å². The lowest BCUT2D eigenvalue weighted by Gasteiger charge is -2.36. The molecule has 3 rings (SSSR count). The van der Waals surface area contributed by atoms with Crippen molar-refractivity contribution in [3.63, 3.8) is 0 Å². The number of aryl methyl sites for hydroxylation is 2. The minimum atomic E-state index is 0.157. The lowest BCUT2D eigenvalue weighted by Crippen LogP contribution is -2.31. The molecule has 0 fully saturated rings. The first-order chi connectivity index (χ1) is 12.3. The number of nitrogens with zero attached hydrogens (tertiary/aromatic N) is 1. The van der Waals surface area contributed by atoms with Gasteiger partial charge in [-0.15, -0.1) is 0 Å². The third-order valence-electron chi connectivity index (χ3n) is 4.99. The number of allylic oxidation sites excluding steroid dienone is 2. The van der Waals surface area contributed by atoms with Gasteiger partial charge in [-0.1, -0.05) is 73.1 Å². The molecule has 1 unspecified atom stereocenters. The van der Waals surface area contributed by atoms with E-state index in [0.717, 1.165) is 10.9 Å². The summed E-state index contributed by atoms with van der Waals surface area (Å²) in [6.07, 6.45) is 9.88. The van der Waals surface area contributed by atoms with Crippen molar-refractivity contribution in [3.05, 3.63) is 81.9 Å². The van der Waals surface area contributed by atoms with Gasteiger partial charge >= 0.3 is 0 Å². The van der Waals surface area contributed by atoms with Crippen molar-refractivity contribution in [1.82, 2.24) is 0 Å². The van der Waals surface area contributed by atoms with Crippen LogP contribution in [0.4, 0.5) is 11.4 Å². The molecule has 0 aliphatic heterocycles. The first kappa shape index (κ1) is 19.0. The number of hydrogen-bond acceptors (Lipinski definition) is 1. The van der Waals surface area contributed by atoms with Crippen LogP contribution in [0.3, 0.4) is 0 Å². The van der Waals surface area contributed by atoms with Gasteiger partial charge < -0.3 is 4.90 Å². The second-order valence-electron chi connectivity index (χ2n) is 8.17. The Hall–Kier alpha value is -1.80. The van der Waals surface area contributed by atoms with Gasteiger partial charge in [0, 0.05) is 15.8 Å². The predicted molar refractivity (Wildman–Crippen MR) is 118 cm³/mol. The lowest BCUT2D eigenvalue weighted by atomic mass is 9.84. The van der Waals surface area contributed by atoms with Gasteiger partial charge in [0.25, 0.3) is 0 Å². The van der Waals surface area contributed by atoms with Gasteiger partial charge in [-0.25, -0.2) is 0 Å². The van der Waals surface area contributed by atoms with Crippen molar-refractivity contribution in [2.75, 3.05) is 4.90 Å². The van der Waals surface area contributed by atoms with Gasteiger partial charge in [0.1, 0.15) is 0 Å². The van der Waals surface area contributed by atoms with Crippen molar-refractivity contribution < 1.29 is 0 Å². The molecule has 2 aromatic carbocycles.